The first-order chi connectivity index (χ1) is 12.7. The summed E-state index contributed by atoms with van der Waals surface area (Å²) in [5.41, 5.74) is 1.30. The van der Waals surface area contributed by atoms with Crippen LogP contribution in [0.2, 0.25) is 10.0 Å². The minimum absolute atomic E-state index is 0.186. The van der Waals surface area contributed by atoms with Crippen molar-refractivity contribution >= 4 is 63.3 Å². The van der Waals surface area contributed by atoms with E-state index in [1.54, 1.807) is 32.0 Å². The average Bonchev–Trinajstić information content (AvgIpc) is 2.90. The normalized spacial score (nSPS) is 10.9. The van der Waals surface area contributed by atoms with Crippen LogP contribution < -0.4 is 5.32 Å². The molecule has 2 rings (SSSR count). The highest BCUT2D eigenvalue weighted by molar-refractivity contribution is 7.18. The number of esters is 1. The van der Waals surface area contributed by atoms with Crippen molar-refractivity contribution in [3.8, 4) is 0 Å². The van der Waals surface area contributed by atoms with Crippen molar-refractivity contribution in [2.24, 2.45) is 0 Å². The molecule has 142 valence electrons. The molecule has 0 aliphatic heterocycles. The molecule has 1 aromatic heterocycles. The van der Waals surface area contributed by atoms with Crippen molar-refractivity contribution in [1.82, 2.24) is 0 Å². The maximum absolute atomic E-state index is 12.3. The van der Waals surface area contributed by atoms with Crippen molar-refractivity contribution in [2.45, 2.75) is 20.8 Å². The largest absolute Gasteiger partial charge is 0.462 e. The van der Waals surface area contributed by atoms with Gasteiger partial charge in [0, 0.05) is 16.1 Å². The summed E-state index contributed by atoms with van der Waals surface area (Å²) >= 11 is 13.0. The lowest BCUT2D eigenvalue weighted by Crippen LogP contribution is -2.12. The fraction of sp³-hybridized carbons (Fsp3) is 0.211. The molecule has 0 saturated carbocycles. The molecule has 8 heteroatoms. The van der Waals surface area contributed by atoms with Crippen LogP contribution in [0.4, 0.5) is 5.00 Å². The number of carbonyl (C=O) groups is 3. The second-order valence-electron chi connectivity index (χ2n) is 5.53. The zero-order chi connectivity index (χ0) is 20.1. The first-order valence-electron chi connectivity index (χ1n) is 8.00. The number of ketones is 1. The topological polar surface area (TPSA) is 72.5 Å². The summed E-state index contributed by atoms with van der Waals surface area (Å²) in [5, 5.41) is 3.81. The smallest absolute Gasteiger partial charge is 0.341 e. The standard InChI is InChI=1S/C19H17Cl2NO4S/c1-4-26-19(25)16-10(2)17(11(3)23)27-18(16)22-15(24)8-6-12-5-7-13(20)9-14(12)21/h5-9H,4H2,1-3H3,(H,22,24)/b8-6+. The molecule has 0 atom stereocenters. The van der Waals surface area contributed by atoms with Crippen molar-refractivity contribution in [3.05, 3.63) is 55.9 Å². The summed E-state index contributed by atoms with van der Waals surface area (Å²) in [7, 11) is 0. The molecule has 1 amide bonds. The Kier molecular flexibility index (Phi) is 7.18. The highest BCUT2D eigenvalue weighted by Gasteiger charge is 2.24. The Bertz CT molecular complexity index is 934. The number of anilines is 1. The molecule has 0 bridgehead atoms. The van der Waals surface area contributed by atoms with Crippen LogP contribution in [0.3, 0.4) is 0 Å². The third kappa shape index (κ3) is 5.19. The second kappa shape index (κ2) is 9.17. The predicted octanol–water partition coefficient (Wildman–Crippen LogP) is 5.39. The van der Waals surface area contributed by atoms with E-state index in [9.17, 15) is 14.4 Å². The first kappa shape index (κ1) is 21.2. The van der Waals surface area contributed by atoms with Crippen molar-refractivity contribution in [3.63, 3.8) is 0 Å². The maximum atomic E-state index is 12.3. The molecule has 0 aliphatic rings. The highest BCUT2D eigenvalue weighted by Crippen LogP contribution is 2.34. The fourth-order valence-electron chi connectivity index (χ4n) is 2.34. The number of hydrogen-bond donors (Lipinski definition) is 1. The molecule has 0 spiro atoms. The number of halogens is 2. The van der Waals surface area contributed by atoms with E-state index < -0.39 is 11.9 Å². The minimum atomic E-state index is -0.584. The summed E-state index contributed by atoms with van der Waals surface area (Å²) in [6.07, 6.45) is 2.82. The zero-order valence-electron chi connectivity index (χ0n) is 14.9. The Balaban J connectivity index is 2.28. The average molecular weight is 426 g/mol. The maximum Gasteiger partial charge on any atom is 0.341 e. The quantitative estimate of drug-likeness (QED) is 0.382. The Hall–Kier alpha value is -2.15. The van der Waals surface area contributed by atoms with E-state index in [0.717, 1.165) is 11.3 Å². The summed E-state index contributed by atoms with van der Waals surface area (Å²) in [4.78, 5) is 36.7. The molecule has 1 aromatic carbocycles. The van der Waals surface area contributed by atoms with Gasteiger partial charge in [0.25, 0.3) is 0 Å². The van der Waals surface area contributed by atoms with Gasteiger partial charge in [-0.1, -0.05) is 29.3 Å². The fourth-order valence-corrected chi connectivity index (χ4v) is 3.91. The molecule has 0 fully saturated rings. The Morgan fingerprint density at radius 2 is 1.96 bits per heavy atom. The molecular weight excluding hydrogens is 409 g/mol. The molecule has 0 aliphatic carbocycles. The van der Waals surface area contributed by atoms with E-state index in [2.05, 4.69) is 5.32 Å². The number of thiophene rings is 1. The predicted molar refractivity (Wildman–Crippen MR) is 109 cm³/mol. The summed E-state index contributed by atoms with van der Waals surface area (Å²) in [6.45, 7) is 4.93. The van der Waals surface area contributed by atoms with Gasteiger partial charge in [-0.25, -0.2) is 4.79 Å². The van der Waals surface area contributed by atoms with Crippen LogP contribution in [0.25, 0.3) is 6.08 Å². The van der Waals surface area contributed by atoms with Crippen LogP contribution in [0, 0.1) is 6.92 Å². The molecule has 1 heterocycles. The summed E-state index contributed by atoms with van der Waals surface area (Å²) < 4.78 is 5.04. The number of rotatable bonds is 6. The van der Waals surface area contributed by atoms with Gasteiger partial charge in [-0.05, 0) is 50.1 Å². The number of amides is 1. The molecule has 2 aromatic rings. The van der Waals surface area contributed by atoms with E-state index >= 15 is 0 Å². The van der Waals surface area contributed by atoms with Crippen LogP contribution >= 0.6 is 34.5 Å². The van der Waals surface area contributed by atoms with Gasteiger partial charge in [0.05, 0.1) is 17.0 Å². The third-order valence-electron chi connectivity index (χ3n) is 3.56. The number of hydrogen-bond acceptors (Lipinski definition) is 5. The van der Waals surface area contributed by atoms with Gasteiger partial charge >= 0.3 is 5.97 Å². The third-order valence-corrected chi connectivity index (χ3v) is 5.43. The van der Waals surface area contributed by atoms with Crippen molar-refractivity contribution < 1.29 is 19.1 Å². The van der Waals surface area contributed by atoms with Gasteiger partial charge in [0.15, 0.2) is 5.78 Å². The Morgan fingerprint density at radius 3 is 2.56 bits per heavy atom. The van der Waals surface area contributed by atoms with Gasteiger partial charge < -0.3 is 10.1 Å². The number of nitrogens with one attached hydrogen (secondary N) is 1. The van der Waals surface area contributed by atoms with Crippen molar-refractivity contribution in [2.75, 3.05) is 11.9 Å². The van der Waals surface area contributed by atoms with Gasteiger partial charge in [-0.3, -0.25) is 9.59 Å². The highest BCUT2D eigenvalue weighted by atomic mass is 35.5. The van der Waals surface area contributed by atoms with E-state index in [1.165, 1.54) is 19.1 Å². The van der Waals surface area contributed by atoms with Crippen molar-refractivity contribution in [1.29, 1.82) is 0 Å². The number of carbonyl (C=O) groups excluding carboxylic acids is 3. The zero-order valence-corrected chi connectivity index (χ0v) is 17.2. The lowest BCUT2D eigenvalue weighted by atomic mass is 10.1. The number of ether oxygens (including phenoxy) is 1. The van der Waals surface area contributed by atoms with E-state index in [1.807, 2.05) is 0 Å². The first-order valence-corrected chi connectivity index (χ1v) is 9.57. The van der Waals surface area contributed by atoms with E-state index in [0.29, 0.717) is 26.0 Å². The Morgan fingerprint density at radius 1 is 1.26 bits per heavy atom. The molecule has 0 saturated heterocycles. The van der Waals surface area contributed by atoms with Crippen LogP contribution in [-0.4, -0.2) is 24.3 Å². The molecular formula is C19H17Cl2NO4S. The number of benzene rings is 1. The SMILES string of the molecule is CCOC(=O)c1c(NC(=O)/C=C/c2ccc(Cl)cc2Cl)sc(C(C)=O)c1C. The minimum Gasteiger partial charge on any atom is -0.462 e. The van der Waals surface area contributed by atoms with Crippen LogP contribution in [0.15, 0.2) is 24.3 Å². The van der Waals surface area contributed by atoms with Crippen LogP contribution in [-0.2, 0) is 9.53 Å². The van der Waals surface area contributed by atoms with Crippen LogP contribution in [0.5, 0.6) is 0 Å². The molecule has 0 radical (unpaired) electrons. The van der Waals surface area contributed by atoms with Crippen LogP contribution in [0.1, 0.15) is 45.0 Å². The monoisotopic (exact) mass is 425 g/mol. The van der Waals surface area contributed by atoms with Gasteiger partial charge in [0.1, 0.15) is 5.00 Å². The molecule has 1 N–H and O–H groups in total. The summed E-state index contributed by atoms with van der Waals surface area (Å²) in [6, 6.07) is 4.91. The lowest BCUT2D eigenvalue weighted by molar-refractivity contribution is -0.111. The molecule has 27 heavy (non-hydrogen) atoms. The number of Topliss-reactive ketones (excluding diaryl/α,β-unsaturated/α-hetero) is 1. The molecule has 5 nitrogen and oxygen atoms in total. The van der Waals surface area contributed by atoms with Gasteiger partial charge in [-0.15, -0.1) is 11.3 Å². The second-order valence-corrected chi connectivity index (χ2v) is 7.39. The summed E-state index contributed by atoms with van der Waals surface area (Å²) in [5.74, 6) is -1.24. The molecule has 0 unspecified atom stereocenters. The van der Waals surface area contributed by atoms with E-state index in [-0.39, 0.29) is 23.0 Å². The van der Waals surface area contributed by atoms with Gasteiger partial charge in [-0.2, -0.15) is 0 Å². The Labute approximate surface area is 170 Å². The van der Waals surface area contributed by atoms with E-state index in [4.69, 9.17) is 27.9 Å². The lowest BCUT2D eigenvalue weighted by Gasteiger charge is -2.05. The van der Waals surface area contributed by atoms with Gasteiger partial charge in [0.2, 0.25) is 5.91 Å².